The molecule has 1 aliphatic heterocycles. The van der Waals surface area contributed by atoms with Crippen LogP contribution in [0.1, 0.15) is 199 Å². The zero-order valence-electron chi connectivity index (χ0n) is 68.4. The number of nitrogens with one attached hydrogen (secondary N) is 8. The van der Waals surface area contributed by atoms with Gasteiger partial charge in [-0.25, -0.2) is 19.6 Å². The van der Waals surface area contributed by atoms with Gasteiger partial charge in [-0.3, -0.25) is 57.7 Å². The van der Waals surface area contributed by atoms with Crippen LogP contribution in [0.25, 0.3) is 0 Å². The van der Waals surface area contributed by atoms with Crippen LogP contribution in [0.5, 0.6) is 0 Å². The quantitative estimate of drug-likeness (QED) is 0.0152. The van der Waals surface area contributed by atoms with Crippen molar-refractivity contribution in [1.29, 1.82) is 0 Å². The SMILES string of the molecule is C#CCCCON(C(=O)[C@@H](NC(=O)[C@H]1CCCCN1C)[C@@H](C)CC)[C@H](C[C@@H](OC(C)=O)c1nc(C(=O)N[C@@H](Cc2ccc(NC(=O)[C@H](CCCNC(N)=O)NC(=O)[C@@H](NC(=O)[C@H](CCC(=O)O)NC(=O)CCOCCOCCOCCOCCNC(=O)OCC3C4CCC#CCCC43)C(C)C)cc2)CC(C)(C)C(=O)O)cs1)C(C)C. The van der Waals surface area contributed by atoms with E-state index >= 15 is 0 Å². The Bertz CT molecular complexity index is 3560. The number of amides is 10. The summed E-state index contributed by atoms with van der Waals surface area (Å²) in [6.07, 6.45) is 10.8. The maximum atomic E-state index is 15.0. The molecule has 0 radical (unpaired) electrons. The fourth-order valence-electron chi connectivity index (χ4n) is 13.6. The summed E-state index contributed by atoms with van der Waals surface area (Å²) in [5, 5.41) is 44.6. The number of carbonyl (C=O) groups excluding carboxylic acids is 10. The van der Waals surface area contributed by atoms with Crippen molar-refractivity contribution in [3.63, 3.8) is 0 Å². The molecule has 1 aromatic heterocycles. The average molecular weight is 1630 g/mol. The number of ether oxygens (including phenoxy) is 6. The third kappa shape index (κ3) is 35.1. The lowest BCUT2D eigenvalue weighted by Gasteiger charge is -2.39. The van der Waals surface area contributed by atoms with Gasteiger partial charge in [-0.05, 0) is 145 Å². The number of anilines is 1. The number of carboxylic acid groups (broad SMARTS) is 2. The number of nitrogens with two attached hydrogens (primary N) is 1. The van der Waals surface area contributed by atoms with Crippen LogP contribution >= 0.6 is 11.3 Å². The number of rotatable bonds is 54. The number of likely N-dealkylation sites (tertiary alicyclic amines) is 1. The van der Waals surface area contributed by atoms with Crippen LogP contribution < -0.4 is 48.3 Å². The number of nitrogens with zero attached hydrogens (tertiary/aromatic N) is 3. The first-order valence-corrected chi connectivity index (χ1v) is 41.0. The maximum Gasteiger partial charge on any atom is 0.407 e. The number of aromatic nitrogens is 1. The summed E-state index contributed by atoms with van der Waals surface area (Å²) in [7, 11) is 1.89. The van der Waals surface area contributed by atoms with E-state index in [-0.39, 0.29) is 132 Å². The number of fused-ring (bicyclic) bond motifs is 1. The second-order valence-electron chi connectivity index (χ2n) is 30.8. The minimum Gasteiger partial charge on any atom is -0.481 e. The number of thiazole rings is 1. The second kappa shape index (κ2) is 51.1. The molecular formula is C81H124N12O21S. The van der Waals surface area contributed by atoms with Crippen molar-refractivity contribution in [2.24, 2.45) is 46.7 Å². The van der Waals surface area contributed by atoms with Crippen LogP contribution in [0, 0.1) is 65.1 Å². The molecule has 2 unspecified atom stereocenters. The first-order valence-electron chi connectivity index (χ1n) is 40.1. The van der Waals surface area contributed by atoms with E-state index in [0.29, 0.717) is 75.4 Å². The van der Waals surface area contributed by atoms with Gasteiger partial charge in [0.25, 0.3) is 11.8 Å². The number of alkyl carbamates (subject to hydrolysis) is 1. The number of urea groups is 1. The van der Waals surface area contributed by atoms with Gasteiger partial charge in [0.15, 0.2) is 6.10 Å². The summed E-state index contributed by atoms with van der Waals surface area (Å²) in [4.78, 5) is 173. The second-order valence-corrected chi connectivity index (χ2v) is 31.7. The first-order chi connectivity index (χ1) is 54.8. The van der Waals surface area contributed by atoms with Gasteiger partial charge in [-0.2, -0.15) is 0 Å². The van der Waals surface area contributed by atoms with Crippen molar-refractivity contribution < 1.29 is 101 Å². The third-order valence-electron chi connectivity index (χ3n) is 20.5. The Hall–Kier alpha value is -9.03. The summed E-state index contributed by atoms with van der Waals surface area (Å²) in [6, 6.07) is -1.40. The highest BCUT2D eigenvalue weighted by Gasteiger charge is 2.49. The van der Waals surface area contributed by atoms with Gasteiger partial charge in [0.05, 0.1) is 83.6 Å². The molecule has 0 spiro atoms. The van der Waals surface area contributed by atoms with Crippen LogP contribution in [0.2, 0.25) is 0 Å². The fraction of sp³-hybridized carbons (Fsp3) is 0.691. The van der Waals surface area contributed by atoms with E-state index in [4.69, 9.17) is 45.4 Å². The zero-order chi connectivity index (χ0) is 84.6. The summed E-state index contributed by atoms with van der Waals surface area (Å²) >= 11 is 1.04. The number of aliphatic carboxylic acids is 2. The Morgan fingerprint density at radius 2 is 1.38 bits per heavy atom. The molecule has 2 fully saturated rings. The Morgan fingerprint density at radius 3 is 1.97 bits per heavy atom. The number of primary amides is 1. The summed E-state index contributed by atoms with van der Waals surface area (Å²) < 4.78 is 33.5. The number of likely N-dealkylation sites (N-methyl/N-ethyl adjacent to an activating group) is 1. The van der Waals surface area contributed by atoms with Crippen LogP contribution in [0.4, 0.5) is 15.3 Å². The van der Waals surface area contributed by atoms with Gasteiger partial charge in [0.2, 0.25) is 29.5 Å². The van der Waals surface area contributed by atoms with Crippen molar-refractivity contribution in [1.82, 2.24) is 52.2 Å². The molecule has 33 nitrogen and oxygen atoms in total. The highest BCUT2D eigenvalue weighted by atomic mass is 32.1. The van der Waals surface area contributed by atoms with E-state index in [2.05, 4.69) is 65.3 Å². The molecule has 1 aromatic carbocycles. The van der Waals surface area contributed by atoms with E-state index in [1.165, 1.54) is 31.2 Å². The monoisotopic (exact) mass is 1630 g/mol. The van der Waals surface area contributed by atoms with E-state index in [0.717, 1.165) is 56.4 Å². The number of hydrogen-bond acceptors (Lipinski definition) is 22. The van der Waals surface area contributed by atoms with Crippen molar-refractivity contribution in [3.8, 4) is 24.2 Å². The number of esters is 1. The normalized spacial score (nSPS) is 18.0. The van der Waals surface area contributed by atoms with Gasteiger partial charge in [-0.15, -0.1) is 35.5 Å². The molecule has 115 heavy (non-hydrogen) atoms. The topological polar surface area (TPSA) is 452 Å². The molecule has 1 saturated carbocycles. The van der Waals surface area contributed by atoms with Crippen LogP contribution in [0.3, 0.4) is 0 Å². The highest BCUT2D eigenvalue weighted by Crippen LogP contribution is 2.52. The molecule has 12 N–H and O–H groups in total. The lowest BCUT2D eigenvalue weighted by molar-refractivity contribution is -0.213. The van der Waals surface area contributed by atoms with E-state index in [1.54, 1.807) is 38.1 Å². The molecule has 640 valence electrons. The lowest BCUT2D eigenvalue weighted by atomic mass is 9.84. The van der Waals surface area contributed by atoms with Crippen molar-refractivity contribution in [2.75, 3.05) is 98.1 Å². The number of terminal acetylenes is 1. The van der Waals surface area contributed by atoms with Gasteiger partial charge < -0.3 is 86.9 Å². The molecule has 2 aromatic rings. The molecule has 34 heteroatoms. The largest absolute Gasteiger partial charge is 0.481 e. The smallest absolute Gasteiger partial charge is 0.407 e. The minimum absolute atomic E-state index is 0.0220. The molecule has 5 rings (SSSR count). The number of benzene rings is 1. The number of hydrogen-bond donors (Lipinski definition) is 11. The molecule has 0 bridgehead atoms. The summed E-state index contributed by atoms with van der Waals surface area (Å²) in [5.74, 6) is 1.82. The molecule has 1 saturated heterocycles. The number of piperidine rings is 1. The Balaban J connectivity index is 1.16. The average Bonchev–Trinajstić information content (AvgIpc) is 1.62. The van der Waals surface area contributed by atoms with Gasteiger partial charge in [-0.1, -0.05) is 66.5 Å². The molecule has 11 atom stereocenters. The molecule has 2 aliphatic carbocycles. The van der Waals surface area contributed by atoms with Crippen molar-refractivity contribution in [3.05, 3.63) is 45.9 Å². The van der Waals surface area contributed by atoms with Crippen molar-refractivity contribution >= 4 is 88.4 Å². The number of carboxylic acids is 2. The van der Waals surface area contributed by atoms with Crippen LogP contribution in [0.15, 0.2) is 29.6 Å². The predicted molar refractivity (Wildman–Crippen MR) is 427 cm³/mol. The lowest BCUT2D eigenvalue weighted by Crippen LogP contribution is -2.58. The van der Waals surface area contributed by atoms with Crippen LogP contribution in [-0.4, -0.2) is 232 Å². The first kappa shape index (κ1) is 96.6. The van der Waals surface area contributed by atoms with Gasteiger partial charge in [0, 0.05) is 75.6 Å². The Kier molecular flexibility index (Phi) is 42.9. The fourth-order valence-corrected chi connectivity index (χ4v) is 14.4. The Morgan fingerprint density at radius 1 is 0.739 bits per heavy atom. The molecule has 2 heterocycles. The maximum absolute atomic E-state index is 15.0. The summed E-state index contributed by atoms with van der Waals surface area (Å²) in [6.45, 7) is 18.3. The van der Waals surface area contributed by atoms with E-state index in [9.17, 15) is 67.7 Å². The highest BCUT2D eigenvalue weighted by molar-refractivity contribution is 7.09. The van der Waals surface area contributed by atoms with E-state index in [1.807, 2.05) is 39.6 Å². The third-order valence-corrected chi connectivity index (χ3v) is 21.4. The molecule has 3 aliphatic rings. The number of unbranched alkanes of at least 4 members (excludes halogenated alkanes) is 1. The zero-order valence-corrected chi connectivity index (χ0v) is 69.3. The molecular weight excluding hydrogens is 1510 g/mol. The van der Waals surface area contributed by atoms with E-state index < -0.39 is 132 Å². The molecule has 10 amide bonds. The summed E-state index contributed by atoms with van der Waals surface area (Å²) in [5.41, 5.74) is 4.73. The number of carbonyl (C=O) groups is 12. The van der Waals surface area contributed by atoms with Gasteiger partial charge in [0.1, 0.15) is 34.9 Å². The van der Waals surface area contributed by atoms with Crippen LogP contribution in [-0.2, 0) is 82.8 Å². The number of hydroxylamine groups is 2. The predicted octanol–water partition coefficient (Wildman–Crippen LogP) is 6.18. The van der Waals surface area contributed by atoms with Gasteiger partial charge >= 0.3 is 30.0 Å². The minimum atomic E-state index is -1.40. The van der Waals surface area contributed by atoms with Crippen molar-refractivity contribution in [2.45, 2.75) is 226 Å². The Labute approximate surface area is 679 Å². The standard InChI is InChI=1S/C81H124N12O21S/c1-12-14-21-37-113-93(77(103)70(53(7)13-2)91-74(101)64-26-19-20-36-92(64)11)65(51(3)4)47-66(114-54(8)94)76-89-63(50-115-76)73(100)86-57(48-81(9,10)78(104)105)46-55-27-29-56(30-28-55)85-71(98)61(25-22-34-83-79(82)106)88-75(102)69(52(5)6)90-72(99)62(31-32-68(96)97)87-67(95)33-38-108-40-42-110-44-45-111-43-41-109-39-35-84-80(107)112-49-60-58-23-17-15-16-18-24-59(58)60/h1,27-30,50-53,57-62,64-66,69-70H,13-14,17-26,31-49H2,2-11H3,(H,84,107)(H,85,98)(H,86,100)(H,87,95)(H,88,102)(H,90,99)(H,91,101)(H,96,97)(H,104,105)(H3,82,83,106)/t53-,57-,58?,59?,60?,61-,62-,64+,65+,66+,69-,70-/m0/s1.